The molecule has 2 amide bonds. The van der Waals surface area contributed by atoms with E-state index in [1.54, 1.807) is 0 Å². The molecule has 0 saturated carbocycles. The van der Waals surface area contributed by atoms with Crippen LogP contribution in [0.15, 0.2) is 54.4 Å². The Morgan fingerprint density at radius 3 is 1.73 bits per heavy atom. The zero-order valence-corrected chi connectivity index (χ0v) is 14.9. The lowest BCUT2D eigenvalue weighted by molar-refractivity contribution is -0.143. The van der Waals surface area contributed by atoms with Crippen LogP contribution in [0.3, 0.4) is 0 Å². The van der Waals surface area contributed by atoms with E-state index >= 15 is 0 Å². The molecule has 1 heterocycles. The van der Waals surface area contributed by atoms with Gasteiger partial charge in [0, 0.05) is 0 Å². The Kier molecular flexibility index (Phi) is 5.44. The Bertz CT molecular complexity index is 971. The minimum Gasteiger partial charge on any atom is -0.269 e. The second-order valence-corrected chi connectivity index (χ2v) is 6.51. The van der Waals surface area contributed by atoms with Gasteiger partial charge in [-0.1, -0.05) is 12.1 Å². The van der Waals surface area contributed by atoms with Crippen LogP contribution in [0.1, 0.15) is 37.4 Å². The number of carbonyl (C=O) groups excluding carboxylic acids is 2. The largest absolute Gasteiger partial charge is 0.416 e. The van der Waals surface area contributed by atoms with E-state index in [-0.39, 0.29) is 17.2 Å². The van der Waals surface area contributed by atoms with Crippen LogP contribution in [-0.4, -0.2) is 23.3 Å². The molecule has 0 radical (unpaired) electrons. The van der Waals surface area contributed by atoms with Crippen LogP contribution in [0.25, 0.3) is 0 Å². The summed E-state index contributed by atoms with van der Waals surface area (Å²) in [5.74, 6) is -2.52. The maximum Gasteiger partial charge on any atom is 0.416 e. The number of alkyl halides is 6. The first-order valence-corrected chi connectivity index (χ1v) is 8.46. The number of carbonyl (C=O) groups is 2. The molecule has 0 aromatic heterocycles. The lowest BCUT2D eigenvalue weighted by Crippen LogP contribution is -2.31. The summed E-state index contributed by atoms with van der Waals surface area (Å²) in [5, 5.41) is 0. The van der Waals surface area contributed by atoms with Gasteiger partial charge >= 0.3 is 12.4 Å². The number of rotatable bonds is 4. The van der Waals surface area contributed by atoms with Crippen molar-refractivity contribution in [3.05, 3.63) is 82.2 Å². The zero-order chi connectivity index (χ0) is 22.3. The number of fused-ring (bicyclic) bond motifs is 1. The zero-order valence-electron chi connectivity index (χ0n) is 14.9. The second kappa shape index (κ2) is 7.58. The molecule has 2 aromatic rings. The van der Waals surface area contributed by atoms with Gasteiger partial charge in [0.2, 0.25) is 0 Å². The van der Waals surface area contributed by atoms with E-state index < -0.39 is 59.6 Å². The highest BCUT2D eigenvalue weighted by atomic mass is 19.4. The highest BCUT2D eigenvalue weighted by molar-refractivity contribution is 6.21. The number of halogens is 7. The van der Waals surface area contributed by atoms with Gasteiger partial charge in [-0.25, -0.2) is 4.39 Å². The van der Waals surface area contributed by atoms with Crippen LogP contribution in [0.4, 0.5) is 30.7 Å². The molecule has 30 heavy (non-hydrogen) atoms. The molecule has 2 aromatic carbocycles. The van der Waals surface area contributed by atoms with Crippen molar-refractivity contribution < 1.29 is 40.3 Å². The Balaban J connectivity index is 1.81. The Morgan fingerprint density at radius 1 is 0.833 bits per heavy atom. The van der Waals surface area contributed by atoms with Gasteiger partial charge in [0.15, 0.2) is 0 Å². The van der Waals surface area contributed by atoms with Crippen molar-refractivity contribution in [2.75, 3.05) is 6.54 Å². The van der Waals surface area contributed by atoms with E-state index in [0.29, 0.717) is 17.0 Å². The summed E-state index contributed by atoms with van der Waals surface area (Å²) in [7, 11) is 0. The number of hydrogen-bond acceptors (Lipinski definition) is 2. The summed E-state index contributed by atoms with van der Waals surface area (Å²) in [6.45, 7) is -0.780. The maximum absolute atomic E-state index is 14.2. The normalized spacial score (nSPS) is 15.0. The van der Waals surface area contributed by atoms with E-state index in [0.717, 1.165) is 6.08 Å². The van der Waals surface area contributed by atoms with Gasteiger partial charge < -0.3 is 0 Å². The lowest BCUT2D eigenvalue weighted by atomic mass is 10.0. The molecule has 158 valence electrons. The number of hydrogen-bond donors (Lipinski definition) is 0. The van der Waals surface area contributed by atoms with Crippen molar-refractivity contribution in [3.8, 4) is 0 Å². The maximum atomic E-state index is 14.2. The quantitative estimate of drug-likeness (QED) is 0.479. The van der Waals surface area contributed by atoms with Crippen LogP contribution in [0, 0.1) is 0 Å². The SMILES string of the molecule is O=C1c2ccccc2C(=O)N1C/C(F)=C/Cc1cc(C(F)(F)F)cc(C(F)(F)F)c1. The van der Waals surface area contributed by atoms with Gasteiger partial charge in [0.25, 0.3) is 11.8 Å². The van der Waals surface area contributed by atoms with E-state index in [2.05, 4.69) is 0 Å². The van der Waals surface area contributed by atoms with E-state index in [4.69, 9.17) is 0 Å². The van der Waals surface area contributed by atoms with Crippen LogP contribution >= 0.6 is 0 Å². The minimum absolute atomic E-state index is 0.0254. The molecule has 0 N–H and O–H groups in total. The van der Waals surface area contributed by atoms with Crippen molar-refractivity contribution in [1.29, 1.82) is 0 Å². The molecular formula is C20H12F7NO2. The van der Waals surface area contributed by atoms with Crippen LogP contribution in [-0.2, 0) is 18.8 Å². The number of amides is 2. The van der Waals surface area contributed by atoms with Gasteiger partial charge in [-0.05, 0) is 48.4 Å². The summed E-state index contributed by atoms with van der Waals surface area (Å²) in [4.78, 5) is 25.0. The average molecular weight is 431 g/mol. The van der Waals surface area contributed by atoms with Crippen molar-refractivity contribution in [2.24, 2.45) is 0 Å². The predicted octanol–water partition coefficient (Wildman–Crippen LogP) is 5.42. The Labute approximate surface area is 165 Å². The molecule has 1 aliphatic heterocycles. The lowest BCUT2D eigenvalue weighted by Gasteiger charge is -2.14. The molecule has 0 spiro atoms. The number of imide groups is 1. The highest BCUT2D eigenvalue weighted by Crippen LogP contribution is 2.36. The number of nitrogens with zero attached hydrogens (tertiary/aromatic N) is 1. The molecule has 0 aliphatic carbocycles. The summed E-state index contributed by atoms with van der Waals surface area (Å²) in [6.07, 6.45) is -9.89. The molecule has 0 bridgehead atoms. The molecule has 3 rings (SSSR count). The number of allylic oxidation sites excluding steroid dienone is 1. The van der Waals surface area contributed by atoms with Crippen molar-refractivity contribution in [2.45, 2.75) is 18.8 Å². The van der Waals surface area contributed by atoms with Gasteiger partial charge in [0.05, 0.1) is 28.8 Å². The fourth-order valence-corrected chi connectivity index (χ4v) is 2.96. The van der Waals surface area contributed by atoms with Crippen LogP contribution in [0.5, 0.6) is 0 Å². The first-order valence-electron chi connectivity index (χ1n) is 8.46. The highest BCUT2D eigenvalue weighted by Gasteiger charge is 2.37. The third kappa shape index (κ3) is 4.37. The topological polar surface area (TPSA) is 37.4 Å². The second-order valence-electron chi connectivity index (χ2n) is 6.51. The minimum atomic E-state index is -5.02. The van der Waals surface area contributed by atoms with Crippen LogP contribution < -0.4 is 0 Å². The molecule has 0 atom stereocenters. The van der Waals surface area contributed by atoms with Gasteiger partial charge in [0.1, 0.15) is 5.83 Å². The van der Waals surface area contributed by atoms with Crippen molar-refractivity contribution in [1.82, 2.24) is 4.90 Å². The van der Waals surface area contributed by atoms with Gasteiger partial charge in [-0.15, -0.1) is 0 Å². The smallest absolute Gasteiger partial charge is 0.269 e. The first kappa shape index (κ1) is 21.5. The average Bonchev–Trinajstić information content (AvgIpc) is 2.90. The molecule has 0 saturated heterocycles. The van der Waals surface area contributed by atoms with Crippen LogP contribution in [0.2, 0.25) is 0 Å². The standard InChI is InChI=1S/C20H12F7NO2/c21-14(10-28-17(29)15-3-1-2-4-16(15)18(28)30)6-5-11-7-12(19(22,23)24)9-13(8-11)20(25,26)27/h1-4,6-9H,5,10H2/b14-6-. The van der Waals surface area contributed by atoms with E-state index in [1.807, 2.05) is 0 Å². The van der Waals surface area contributed by atoms with Crippen molar-refractivity contribution >= 4 is 11.8 Å². The van der Waals surface area contributed by atoms with Crippen molar-refractivity contribution in [3.63, 3.8) is 0 Å². The molecular weight excluding hydrogens is 419 g/mol. The van der Waals surface area contributed by atoms with E-state index in [9.17, 15) is 40.3 Å². The Morgan fingerprint density at radius 2 is 1.30 bits per heavy atom. The predicted molar refractivity (Wildman–Crippen MR) is 91.2 cm³/mol. The van der Waals surface area contributed by atoms with Gasteiger partial charge in [-0.2, -0.15) is 26.3 Å². The molecule has 0 unspecified atom stereocenters. The molecule has 3 nitrogen and oxygen atoms in total. The van der Waals surface area contributed by atoms with Gasteiger partial charge in [-0.3, -0.25) is 14.5 Å². The summed E-state index contributed by atoms with van der Waals surface area (Å²) in [6, 6.07) is 6.76. The summed E-state index contributed by atoms with van der Waals surface area (Å²) >= 11 is 0. The van der Waals surface area contributed by atoms with E-state index in [1.165, 1.54) is 24.3 Å². The molecule has 10 heteroatoms. The molecule has 0 fully saturated rings. The number of benzene rings is 2. The fraction of sp³-hybridized carbons (Fsp3) is 0.200. The summed E-state index contributed by atoms with van der Waals surface area (Å²) in [5.41, 5.74) is -3.27. The molecule has 1 aliphatic rings. The fourth-order valence-electron chi connectivity index (χ4n) is 2.96. The summed E-state index contributed by atoms with van der Waals surface area (Å²) < 4.78 is 91.5. The monoisotopic (exact) mass is 431 g/mol. The third-order valence-corrected chi connectivity index (χ3v) is 4.39. The third-order valence-electron chi connectivity index (χ3n) is 4.39. The Hall–Kier alpha value is -3.17. The first-order chi connectivity index (χ1) is 13.9.